The Morgan fingerprint density at radius 2 is 2.21 bits per heavy atom. The van der Waals surface area contributed by atoms with E-state index in [1.54, 1.807) is 0 Å². The van der Waals surface area contributed by atoms with Crippen molar-refractivity contribution in [1.29, 1.82) is 0 Å². The zero-order valence-electron chi connectivity index (χ0n) is 9.51. The van der Waals surface area contributed by atoms with Crippen molar-refractivity contribution in [3.63, 3.8) is 0 Å². The molecule has 0 aromatic heterocycles. The van der Waals surface area contributed by atoms with Crippen LogP contribution in [0, 0.1) is 5.92 Å². The maximum Gasteiger partial charge on any atom is 0.0494 e. The van der Waals surface area contributed by atoms with Gasteiger partial charge in [0, 0.05) is 25.8 Å². The first-order valence-corrected chi connectivity index (χ1v) is 5.78. The molecule has 0 radical (unpaired) electrons. The molecular weight excluding hydrogens is 176 g/mol. The molecule has 1 saturated carbocycles. The topological polar surface area (TPSA) is 33.3 Å². The fourth-order valence-corrected chi connectivity index (χ4v) is 1.25. The van der Waals surface area contributed by atoms with Crippen LogP contribution in [0.1, 0.15) is 26.2 Å². The molecule has 1 atom stereocenters. The van der Waals surface area contributed by atoms with Gasteiger partial charge in [-0.2, -0.15) is 0 Å². The molecule has 0 spiro atoms. The van der Waals surface area contributed by atoms with Crippen LogP contribution in [0.25, 0.3) is 0 Å². The van der Waals surface area contributed by atoms with Crippen molar-refractivity contribution in [3.8, 4) is 0 Å². The summed E-state index contributed by atoms with van der Waals surface area (Å²) in [6.45, 7) is 6.19. The standard InChI is InChI=1S/C11H24N2O/c1-10(12-2)8-13-6-3-7-14-9-11-4-5-11/h10-13H,3-9H2,1-2H3. The lowest BCUT2D eigenvalue weighted by Crippen LogP contribution is -2.34. The molecule has 1 unspecified atom stereocenters. The van der Waals surface area contributed by atoms with Crippen LogP contribution < -0.4 is 10.6 Å². The van der Waals surface area contributed by atoms with E-state index in [1.165, 1.54) is 12.8 Å². The molecule has 3 heteroatoms. The Bertz CT molecular complexity index is 137. The minimum atomic E-state index is 0.558. The quantitative estimate of drug-likeness (QED) is 0.545. The average Bonchev–Trinajstić information content (AvgIpc) is 2.99. The molecule has 0 aromatic rings. The van der Waals surface area contributed by atoms with Crippen LogP contribution in [-0.4, -0.2) is 39.4 Å². The fourth-order valence-electron chi connectivity index (χ4n) is 1.25. The van der Waals surface area contributed by atoms with Crippen LogP contribution in [0.3, 0.4) is 0 Å². The molecule has 1 aliphatic carbocycles. The molecule has 1 fully saturated rings. The highest BCUT2D eigenvalue weighted by atomic mass is 16.5. The van der Waals surface area contributed by atoms with Crippen LogP contribution in [0.5, 0.6) is 0 Å². The van der Waals surface area contributed by atoms with Gasteiger partial charge in [0.1, 0.15) is 0 Å². The van der Waals surface area contributed by atoms with E-state index in [0.29, 0.717) is 6.04 Å². The van der Waals surface area contributed by atoms with Crippen molar-refractivity contribution in [2.24, 2.45) is 5.92 Å². The molecule has 0 aromatic carbocycles. The maximum absolute atomic E-state index is 5.54. The van der Waals surface area contributed by atoms with Crippen molar-refractivity contribution < 1.29 is 4.74 Å². The highest BCUT2D eigenvalue weighted by Crippen LogP contribution is 2.28. The van der Waals surface area contributed by atoms with E-state index in [0.717, 1.165) is 38.6 Å². The van der Waals surface area contributed by atoms with E-state index in [9.17, 15) is 0 Å². The number of hydrogen-bond donors (Lipinski definition) is 2. The lowest BCUT2D eigenvalue weighted by molar-refractivity contribution is 0.122. The van der Waals surface area contributed by atoms with Crippen molar-refractivity contribution in [2.75, 3.05) is 33.4 Å². The number of hydrogen-bond acceptors (Lipinski definition) is 3. The summed E-state index contributed by atoms with van der Waals surface area (Å²) in [6, 6.07) is 0.558. The van der Waals surface area contributed by atoms with Gasteiger partial charge in [0.2, 0.25) is 0 Å². The van der Waals surface area contributed by atoms with E-state index in [2.05, 4.69) is 17.6 Å². The van der Waals surface area contributed by atoms with E-state index in [4.69, 9.17) is 4.74 Å². The van der Waals surface area contributed by atoms with Crippen molar-refractivity contribution in [3.05, 3.63) is 0 Å². The summed E-state index contributed by atoms with van der Waals surface area (Å²) in [4.78, 5) is 0. The molecule has 3 nitrogen and oxygen atoms in total. The van der Waals surface area contributed by atoms with Gasteiger partial charge in [-0.15, -0.1) is 0 Å². The Hall–Kier alpha value is -0.120. The van der Waals surface area contributed by atoms with E-state index in [-0.39, 0.29) is 0 Å². The number of rotatable bonds is 9. The number of ether oxygens (including phenoxy) is 1. The molecule has 0 heterocycles. The second-order valence-corrected chi connectivity index (χ2v) is 4.27. The maximum atomic E-state index is 5.54. The number of nitrogens with one attached hydrogen (secondary N) is 2. The molecule has 1 aliphatic rings. The van der Waals surface area contributed by atoms with Gasteiger partial charge in [0.15, 0.2) is 0 Å². The Labute approximate surface area is 87.6 Å². The lowest BCUT2D eigenvalue weighted by atomic mass is 10.3. The summed E-state index contributed by atoms with van der Waals surface area (Å²) in [5.41, 5.74) is 0. The third-order valence-electron chi connectivity index (χ3n) is 2.64. The van der Waals surface area contributed by atoms with Crippen LogP contribution in [-0.2, 0) is 4.74 Å². The van der Waals surface area contributed by atoms with Crippen molar-refractivity contribution in [2.45, 2.75) is 32.2 Å². The predicted octanol–water partition coefficient (Wildman–Crippen LogP) is 1.00. The van der Waals surface area contributed by atoms with Gasteiger partial charge in [-0.25, -0.2) is 0 Å². The van der Waals surface area contributed by atoms with Gasteiger partial charge in [-0.1, -0.05) is 0 Å². The molecule has 0 amide bonds. The Kier molecular flexibility index (Phi) is 6.15. The van der Waals surface area contributed by atoms with Gasteiger partial charge in [-0.3, -0.25) is 0 Å². The zero-order valence-corrected chi connectivity index (χ0v) is 9.51. The average molecular weight is 200 g/mol. The molecule has 14 heavy (non-hydrogen) atoms. The minimum Gasteiger partial charge on any atom is -0.381 e. The molecule has 0 saturated heterocycles. The van der Waals surface area contributed by atoms with Crippen LogP contribution in [0.2, 0.25) is 0 Å². The van der Waals surface area contributed by atoms with Crippen LogP contribution >= 0.6 is 0 Å². The van der Waals surface area contributed by atoms with Crippen molar-refractivity contribution in [1.82, 2.24) is 10.6 Å². The first-order chi connectivity index (χ1) is 6.83. The summed E-state index contributed by atoms with van der Waals surface area (Å²) in [5.74, 6) is 0.896. The predicted molar refractivity (Wildman–Crippen MR) is 59.6 cm³/mol. The van der Waals surface area contributed by atoms with Gasteiger partial charge < -0.3 is 15.4 Å². The zero-order chi connectivity index (χ0) is 10.2. The Morgan fingerprint density at radius 3 is 2.86 bits per heavy atom. The first-order valence-electron chi connectivity index (χ1n) is 5.78. The smallest absolute Gasteiger partial charge is 0.0494 e. The van der Waals surface area contributed by atoms with Crippen LogP contribution in [0.4, 0.5) is 0 Å². The molecule has 2 N–H and O–H groups in total. The fraction of sp³-hybridized carbons (Fsp3) is 1.00. The third kappa shape index (κ3) is 6.35. The minimum absolute atomic E-state index is 0.558. The van der Waals surface area contributed by atoms with E-state index in [1.807, 2.05) is 7.05 Å². The summed E-state index contributed by atoms with van der Waals surface area (Å²) in [6.07, 6.45) is 3.90. The van der Waals surface area contributed by atoms with Gasteiger partial charge in [0.05, 0.1) is 0 Å². The van der Waals surface area contributed by atoms with E-state index < -0.39 is 0 Å². The highest BCUT2D eigenvalue weighted by Gasteiger charge is 2.20. The van der Waals surface area contributed by atoms with Gasteiger partial charge in [0.25, 0.3) is 0 Å². The highest BCUT2D eigenvalue weighted by molar-refractivity contribution is 4.71. The second-order valence-electron chi connectivity index (χ2n) is 4.27. The summed E-state index contributed by atoms with van der Waals surface area (Å²) in [7, 11) is 1.99. The summed E-state index contributed by atoms with van der Waals surface area (Å²) < 4.78 is 5.54. The van der Waals surface area contributed by atoms with E-state index >= 15 is 0 Å². The van der Waals surface area contributed by atoms with Gasteiger partial charge in [-0.05, 0) is 45.7 Å². The van der Waals surface area contributed by atoms with Gasteiger partial charge >= 0.3 is 0 Å². The molecular formula is C11H24N2O. The monoisotopic (exact) mass is 200 g/mol. The largest absolute Gasteiger partial charge is 0.381 e. The van der Waals surface area contributed by atoms with Crippen molar-refractivity contribution >= 4 is 0 Å². The SMILES string of the molecule is CNC(C)CNCCCOCC1CC1. The summed E-state index contributed by atoms with van der Waals surface area (Å²) in [5, 5.41) is 6.59. The lowest BCUT2D eigenvalue weighted by Gasteiger charge is -2.11. The van der Waals surface area contributed by atoms with Crippen LogP contribution in [0.15, 0.2) is 0 Å². The second kappa shape index (κ2) is 7.21. The number of likely N-dealkylation sites (N-methyl/N-ethyl adjacent to an activating group) is 1. The normalized spacial score (nSPS) is 18.4. The molecule has 1 rings (SSSR count). The summed E-state index contributed by atoms with van der Waals surface area (Å²) >= 11 is 0. The Balaban J connectivity index is 1.70. The molecule has 0 aliphatic heterocycles. The third-order valence-corrected chi connectivity index (χ3v) is 2.64. The first kappa shape index (κ1) is 12.0. The molecule has 84 valence electrons. The molecule has 0 bridgehead atoms. The Morgan fingerprint density at radius 1 is 1.43 bits per heavy atom.